The molecule has 1 unspecified atom stereocenters. The molecule has 0 saturated heterocycles. The number of aromatic nitrogens is 1. The fourth-order valence-electron chi connectivity index (χ4n) is 2.10. The van der Waals surface area contributed by atoms with Gasteiger partial charge in [0.15, 0.2) is 0 Å². The molecule has 0 saturated carbocycles. The molecule has 0 radical (unpaired) electrons. The maximum atomic E-state index is 12.2. The van der Waals surface area contributed by atoms with E-state index in [9.17, 15) is 9.90 Å². The van der Waals surface area contributed by atoms with Gasteiger partial charge < -0.3 is 15.7 Å². The number of hydrogen-bond acceptors (Lipinski definition) is 4. The molecule has 0 aliphatic carbocycles. The van der Waals surface area contributed by atoms with Gasteiger partial charge in [-0.25, -0.2) is 0 Å². The van der Waals surface area contributed by atoms with Crippen molar-refractivity contribution in [1.82, 2.24) is 9.88 Å². The Morgan fingerprint density at radius 2 is 2.00 bits per heavy atom. The first-order chi connectivity index (χ1) is 10.1. The van der Waals surface area contributed by atoms with E-state index in [0.717, 1.165) is 11.1 Å². The number of aromatic hydroxyl groups is 1. The van der Waals surface area contributed by atoms with Crippen LogP contribution in [0.2, 0.25) is 0 Å². The number of likely N-dealkylation sites (N-methyl/N-ethyl adjacent to an activating group) is 1. The van der Waals surface area contributed by atoms with Crippen LogP contribution in [-0.4, -0.2) is 34.0 Å². The van der Waals surface area contributed by atoms with Crippen LogP contribution in [-0.2, 0) is 17.8 Å². The summed E-state index contributed by atoms with van der Waals surface area (Å²) in [6.07, 6.45) is 3.87. The van der Waals surface area contributed by atoms with Crippen molar-refractivity contribution in [2.75, 3.05) is 7.05 Å². The van der Waals surface area contributed by atoms with Gasteiger partial charge in [0, 0.05) is 26.0 Å². The highest BCUT2D eigenvalue weighted by molar-refractivity contribution is 5.81. The first-order valence-corrected chi connectivity index (χ1v) is 6.73. The highest BCUT2D eigenvalue weighted by atomic mass is 16.3. The van der Waals surface area contributed by atoms with Gasteiger partial charge in [-0.3, -0.25) is 9.78 Å². The summed E-state index contributed by atoms with van der Waals surface area (Å²) in [5.74, 6) is 0.0827. The van der Waals surface area contributed by atoms with E-state index in [-0.39, 0.29) is 11.7 Å². The van der Waals surface area contributed by atoms with Crippen LogP contribution in [0, 0.1) is 0 Å². The predicted molar refractivity (Wildman–Crippen MR) is 80.5 cm³/mol. The minimum atomic E-state index is -0.601. The SMILES string of the molecule is CN(Cc1cccnc1)C(=O)C(N)Cc1ccc(O)cc1. The molecule has 0 aliphatic rings. The van der Waals surface area contributed by atoms with E-state index in [1.54, 1.807) is 48.6 Å². The molecular weight excluding hydrogens is 266 g/mol. The molecule has 110 valence electrons. The van der Waals surface area contributed by atoms with Crippen molar-refractivity contribution in [2.24, 2.45) is 5.73 Å². The maximum absolute atomic E-state index is 12.2. The Bertz CT molecular complexity index is 584. The molecule has 3 N–H and O–H groups in total. The average Bonchev–Trinajstić information content (AvgIpc) is 2.49. The number of benzene rings is 1. The monoisotopic (exact) mass is 285 g/mol. The number of pyridine rings is 1. The molecular formula is C16H19N3O2. The van der Waals surface area contributed by atoms with Crippen molar-refractivity contribution in [2.45, 2.75) is 19.0 Å². The van der Waals surface area contributed by atoms with Gasteiger partial charge >= 0.3 is 0 Å². The topological polar surface area (TPSA) is 79.5 Å². The summed E-state index contributed by atoms with van der Waals surface area (Å²) in [5, 5.41) is 9.24. The molecule has 2 rings (SSSR count). The van der Waals surface area contributed by atoms with E-state index >= 15 is 0 Å². The molecule has 0 aliphatic heterocycles. The Kier molecular flexibility index (Phi) is 4.90. The summed E-state index contributed by atoms with van der Waals surface area (Å²) in [6.45, 7) is 0.482. The third-order valence-corrected chi connectivity index (χ3v) is 3.23. The molecule has 1 aromatic carbocycles. The number of phenolic OH excluding ortho intramolecular Hbond substituents is 1. The standard InChI is InChI=1S/C16H19N3O2/c1-19(11-13-3-2-8-18-10-13)16(21)15(17)9-12-4-6-14(20)7-5-12/h2-8,10,15,20H,9,11,17H2,1H3. The third-order valence-electron chi connectivity index (χ3n) is 3.23. The molecule has 21 heavy (non-hydrogen) atoms. The number of phenols is 1. The highest BCUT2D eigenvalue weighted by Gasteiger charge is 2.18. The van der Waals surface area contributed by atoms with Gasteiger partial charge in [-0.1, -0.05) is 18.2 Å². The molecule has 1 amide bonds. The quantitative estimate of drug-likeness (QED) is 0.868. The third kappa shape index (κ3) is 4.29. The largest absolute Gasteiger partial charge is 0.508 e. The second-order valence-corrected chi connectivity index (χ2v) is 5.03. The van der Waals surface area contributed by atoms with Gasteiger partial charge in [0.2, 0.25) is 5.91 Å². The van der Waals surface area contributed by atoms with E-state index in [4.69, 9.17) is 5.73 Å². The van der Waals surface area contributed by atoms with Crippen molar-refractivity contribution in [1.29, 1.82) is 0 Å². The van der Waals surface area contributed by atoms with Gasteiger partial charge in [-0.15, -0.1) is 0 Å². The Hall–Kier alpha value is -2.40. The fraction of sp³-hybridized carbons (Fsp3) is 0.250. The lowest BCUT2D eigenvalue weighted by molar-refractivity contribution is -0.131. The Morgan fingerprint density at radius 1 is 1.29 bits per heavy atom. The first kappa shape index (κ1) is 15.0. The average molecular weight is 285 g/mol. The second kappa shape index (κ2) is 6.85. The lowest BCUT2D eigenvalue weighted by Crippen LogP contribution is -2.42. The second-order valence-electron chi connectivity index (χ2n) is 5.03. The zero-order valence-corrected chi connectivity index (χ0v) is 11.9. The number of nitrogens with two attached hydrogens (primary N) is 1. The Balaban J connectivity index is 1.93. The number of rotatable bonds is 5. The molecule has 0 spiro atoms. The zero-order valence-electron chi connectivity index (χ0n) is 11.9. The molecule has 0 fully saturated rings. The Morgan fingerprint density at radius 3 is 2.62 bits per heavy atom. The van der Waals surface area contributed by atoms with Crippen molar-refractivity contribution >= 4 is 5.91 Å². The number of carbonyl (C=O) groups excluding carboxylic acids is 1. The summed E-state index contributed by atoms with van der Waals surface area (Å²) in [7, 11) is 1.73. The summed E-state index contributed by atoms with van der Waals surface area (Å²) < 4.78 is 0. The molecule has 1 heterocycles. The van der Waals surface area contributed by atoms with Gasteiger partial charge in [0.05, 0.1) is 6.04 Å². The lowest BCUT2D eigenvalue weighted by atomic mass is 10.1. The van der Waals surface area contributed by atoms with Crippen molar-refractivity contribution in [3.05, 3.63) is 59.9 Å². The number of carbonyl (C=O) groups is 1. The van der Waals surface area contributed by atoms with Crippen LogP contribution in [0.1, 0.15) is 11.1 Å². The van der Waals surface area contributed by atoms with Crippen LogP contribution in [0.4, 0.5) is 0 Å². The summed E-state index contributed by atoms with van der Waals surface area (Å²) in [4.78, 5) is 17.9. The van der Waals surface area contributed by atoms with Crippen LogP contribution in [0.5, 0.6) is 5.75 Å². The van der Waals surface area contributed by atoms with Crippen molar-refractivity contribution in [3.8, 4) is 5.75 Å². The van der Waals surface area contributed by atoms with E-state index in [1.807, 2.05) is 12.1 Å². The van der Waals surface area contributed by atoms with Gasteiger partial charge in [-0.05, 0) is 35.7 Å². The molecule has 2 aromatic rings. The maximum Gasteiger partial charge on any atom is 0.239 e. The smallest absolute Gasteiger partial charge is 0.239 e. The van der Waals surface area contributed by atoms with Crippen molar-refractivity contribution in [3.63, 3.8) is 0 Å². The van der Waals surface area contributed by atoms with Crippen LogP contribution < -0.4 is 5.73 Å². The molecule has 0 bridgehead atoms. The minimum Gasteiger partial charge on any atom is -0.508 e. The Labute approximate surface area is 124 Å². The van der Waals surface area contributed by atoms with E-state index in [0.29, 0.717) is 13.0 Å². The predicted octanol–water partition coefficient (Wildman–Crippen LogP) is 1.32. The molecule has 1 aromatic heterocycles. The van der Waals surface area contributed by atoms with Crippen LogP contribution in [0.25, 0.3) is 0 Å². The fourth-order valence-corrected chi connectivity index (χ4v) is 2.10. The van der Waals surface area contributed by atoms with Crippen LogP contribution in [0.15, 0.2) is 48.8 Å². The minimum absolute atomic E-state index is 0.119. The highest BCUT2D eigenvalue weighted by Crippen LogP contribution is 2.12. The summed E-state index contributed by atoms with van der Waals surface area (Å²) >= 11 is 0. The molecule has 1 atom stereocenters. The summed E-state index contributed by atoms with van der Waals surface area (Å²) in [6, 6.07) is 9.87. The van der Waals surface area contributed by atoms with Gasteiger partial charge in [0.25, 0.3) is 0 Å². The summed E-state index contributed by atoms with van der Waals surface area (Å²) in [5.41, 5.74) is 7.86. The zero-order chi connectivity index (χ0) is 15.2. The van der Waals surface area contributed by atoms with Crippen LogP contribution >= 0.6 is 0 Å². The normalized spacial score (nSPS) is 11.9. The number of amides is 1. The number of nitrogens with zero attached hydrogens (tertiary/aromatic N) is 2. The van der Waals surface area contributed by atoms with E-state index < -0.39 is 6.04 Å². The molecule has 5 nitrogen and oxygen atoms in total. The van der Waals surface area contributed by atoms with Gasteiger partial charge in [-0.2, -0.15) is 0 Å². The first-order valence-electron chi connectivity index (χ1n) is 6.73. The molecule has 5 heteroatoms. The van der Waals surface area contributed by atoms with Crippen molar-refractivity contribution < 1.29 is 9.90 Å². The van der Waals surface area contributed by atoms with Gasteiger partial charge in [0.1, 0.15) is 5.75 Å². The number of hydrogen-bond donors (Lipinski definition) is 2. The van der Waals surface area contributed by atoms with E-state index in [1.165, 1.54) is 0 Å². The lowest BCUT2D eigenvalue weighted by Gasteiger charge is -2.21. The van der Waals surface area contributed by atoms with E-state index in [2.05, 4.69) is 4.98 Å². The van der Waals surface area contributed by atoms with Crippen LogP contribution in [0.3, 0.4) is 0 Å².